The molecular weight excluding hydrogens is 488 g/mol. The van der Waals surface area contributed by atoms with Crippen molar-refractivity contribution in [3.05, 3.63) is 126 Å². The van der Waals surface area contributed by atoms with E-state index in [0.717, 1.165) is 45.1 Å². The van der Waals surface area contributed by atoms with E-state index in [0.29, 0.717) is 5.56 Å². The van der Waals surface area contributed by atoms with Gasteiger partial charge in [-0.1, -0.05) is 92.7 Å². The molecule has 0 saturated heterocycles. The lowest BCUT2D eigenvalue weighted by Gasteiger charge is -2.21. The number of benzene rings is 5. The van der Waals surface area contributed by atoms with E-state index >= 15 is 0 Å². The highest BCUT2D eigenvalue weighted by molar-refractivity contribution is 6.13. The number of hydrogen-bond donors (Lipinski definition) is 0. The molecular formula is C36H24N4. The number of hydrogen-bond acceptors (Lipinski definition) is 3. The third kappa shape index (κ3) is 3.06. The van der Waals surface area contributed by atoms with Gasteiger partial charge in [0.25, 0.3) is 0 Å². The fraction of sp³-hybridized carbons (Fsp3) is 0.0833. The Bertz CT molecular complexity index is 2210. The van der Waals surface area contributed by atoms with Gasteiger partial charge < -0.3 is 0 Å². The minimum absolute atomic E-state index is 0.299. The zero-order valence-electron chi connectivity index (χ0n) is 22.2. The van der Waals surface area contributed by atoms with Gasteiger partial charge in [0, 0.05) is 27.3 Å². The SMILES string of the molecule is CC1(C)c2ccccc2-c2nc(-c3cccc(C#N)c3)c(-n3c4ccccc4c4cc5ccccc5cc43)nc21. The Morgan fingerprint density at radius 3 is 2.27 bits per heavy atom. The molecule has 1 aliphatic carbocycles. The first kappa shape index (κ1) is 22.7. The predicted molar refractivity (Wildman–Crippen MR) is 162 cm³/mol. The molecule has 0 bridgehead atoms. The van der Waals surface area contributed by atoms with Gasteiger partial charge in [-0.15, -0.1) is 0 Å². The largest absolute Gasteiger partial charge is 0.292 e. The number of para-hydroxylation sites is 1. The van der Waals surface area contributed by atoms with E-state index in [1.165, 1.54) is 27.1 Å². The van der Waals surface area contributed by atoms with Gasteiger partial charge >= 0.3 is 0 Å². The van der Waals surface area contributed by atoms with Crippen LogP contribution in [0.25, 0.3) is 60.9 Å². The summed E-state index contributed by atoms with van der Waals surface area (Å²) in [4.78, 5) is 10.9. The smallest absolute Gasteiger partial charge is 0.164 e. The lowest BCUT2D eigenvalue weighted by Crippen LogP contribution is -2.18. The van der Waals surface area contributed by atoms with Gasteiger partial charge in [0.15, 0.2) is 5.82 Å². The van der Waals surface area contributed by atoms with Gasteiger partial charge in [-0.2, -0.15) is 5.26 Å². The second-order valence-electron chi connectivity index (χ2n) is 11.0. The summed E-state index contributed by atoms with van der Waals surface area (Å²) in [7, 11) is 0. The van der Waals surface area contributed by atoms with Crippen LogP contribution in [-0.2, 0) is 5.41 Å². The van der Waals surface area contributed by atoms with Crippen molar-refractivity contribution < 1.29 is 0 Å². The van der Waals surface area contributed by atoms with E-state index in [-0.39, 0.29) is 5.41 Å². The third-order valence-electron chi connectivity index (χ3n) is 8.34. The predicted octanol–water partition coefficient (Wildman–Crippen LogP) is 8.57. The van der Waals surface area contributed by atoms with Crippen LogP contribution >= 0.6 is 0 Å². The summed E-state index contributed by atoms with van der Waals surface area (Å²) in [6.07, 6.45) is 0. The number of nitrogens with zero attached hydrogens (tertiary/aromatic N) is 4. The van der Waals surface area contributed by atoms with Crippen molar-refractivity contribution in [2.75, 3.05) is 0 Å². The number of fused-ring (bicyclic) bond motifs is 7. The third-order valence-corrected chi connectivity index (χ3v) is 8.34. The summed E-state index contributed by atoms with van der Waals surface area (Å²) in [5.41, 5.74) is 8.32. The molecule has 0 amide bonds. The molecule has 2 heterocycles. The fourth-order valence-electron chi connectivity index (χ4n) is 6.38. The van der Waals surface area contributed by atoms with E-state index < -0.39 is 0 Å². The standard InChI is InChI=1S/C36H24N4/c1-36(2)29-16-7-5-15-27(29)33-34(36)39-35(32(38-33)25-13-9-10-22(18-25)21-37)40-30-17-8-6-14-26(30)28-19-23-11-3-4-12-24(23)20-31(28)40/h3-20H,1-2H3. The maximum absolute atomic E-state index is 9.71. The van der Waals surface area contributed by atoms with Crippen molar-refractivity contribution >= 4 is 32.6 Å². The molecule has 4 heteroatoms. The Kier molecular flexibility index (Phi) is 4.60. The number of aromatic nitrogens is 3. The highest BCUT2D eigenvalue weighted by Gasteiger charge is 2.39. The Morgan fingerprint density at radius 1 is 0.675 bits per heavy atom. The molecule has 0 N–H and O–H groups in total. The zero-order valence-corrected chi connectivity index (χ0v) is 22.2. The van der Waals surface area contributed by atoms with Crippen LogP contribution < -0.4 is 0 Å². The molecule has 5 aromatic carbocycles. The first-order valence-electron chi connectivity index (χ1n) is 13.5. The van der Waals surface area contributed by atoms with Crippen LogP contribution in [0.2, 0.25) is 0 Å². The number of rotatable bonds is 2. The summed E-state index contributed by atoms with van der Waals surface area (Å²) in [5, 5.41) is 14.4. The van der Waals surface area contributed by atoms with Crippen LogP contribution in [0, 0.1) is 11.3 Å². The molecule has 0 unspecified atom stereocenters. The lowest BCUT2D eigenvalue weighted by molar-refractivity contribution is 0.633. The van der Waals surface area contributed by atoms with Crippen LogP contribution in [0.3, 0.4) is 0 Å². The normalized spacial score (nSPS) is 13.4. The van der Waals surface area contributed by atoms with Gasteiger partial charge in [-0.05, 0) is 46.7 Å². The molecule has 8 rings (SSSR count). The molecule has 0 spiro atoms. The summed E-state index contributed by atoms with van der Waals surface area (Å²) in [6, 6.07) is 40.0. The molecule has 0 radical (unpaired) electrons. The van der Waals surface area contributed by atoms with Crippen LogP contribution in [0.15, 0.2) is 109 Å². The fourth-order valence-corrected chi connectivity index (χ4v) is 6.38. The van der Waals surface area contributed by atoms with Crippen LogP contribution in [0.5, 0.6) is 0 Å². The van der Waals surface area contributed by atoms with Crippen molar-refractivity contribution in [1.82, 2.24) is 14.5 Å². The molecule has 188 valence electrons. The average molecular weight is 513 g/mol. The average Bonchev–Trinajstić information content (AvgIpc) is 3.43. The second kappa shape index (κ2) is 8.11. The molecule has 4 nitrogen and oxygen atoms in total. The van der Waals surface area contributed by atoms with Crippen molar-refractivity contribution in [3.8, 4) is 34.4 Å². The Labute approximate surface area is 231 Å². The Hall–Kier alpha value is -5.27. The minimum atomic E-state index is -0.299. The Morgan fingerprint density at radius 2 is 1.43 bits per heavy atom. The molecule has 1 aliphatic rings. The Balaban J connectivity index is 1.54. The highest BCUT2D eigenvalue weighted by Crippen LogP contribution is 2.48. The first-order valence-corrected chi connectivity index (χ1v) is 13.5. The highest BCUT2D eigenvalue weighted by atomic mass is 15.1. The quantitative estimate of drug-likeness (QED) is 0.233. The van der Waals surface area contributed by atoms with E-state index in [4.69, 9.17) is 9.97 Å². The molecule has 2 aromatic heterocycles. The number of nitriles is 1. The molecule has 0 atom stereocenters. The maximum atomic E-state index is 9.71. The topological polar surface area (TPSA) is 54.5 Å². The van der Waals surface area contributed by atoms with Gasteiger partial charge in [-0.3, -0.25) is 4.57 Å². The van der Waals surface area contributed by atoms with Crippen LogP contribution in [0.4, 0.5) is 0 Å². The van der Waals surface area contributed by atoms with Gasteiger partial charge in [0.2, 0.25) is 0 Å². The molecule has 0 aliphatic heterocycles. The zero-order chi connectivity index (χ0) is 27.0. The van der Waals surface area contributed by atoms with Gasteiger partial charge in [0.1, 0.15) is 5.69 Å². The van der Waals surface area contributed by atoms with Crippen molar-refractivity contribution in [2.24, 2.45) is 0 Å². The van der Waals surface area contributed by atoms with Crippen molar-refractivity contribution in [3.63, 3.8) is 0 Å². The van der Waals surface area contributed by atoms with E-state index in [2.05, 4.69) is 109 Å². The van der Waals surface area contributed by atoms with Crippen molar-refractivity contribution in [2.45, 2.75) is 19.3 Å². The molecule has 7 aromatic rings. The van der Waals surface area contributed by atoms with Crippen LogP contribution in [0.1, 0.15) is 30.7 Å². The summed E-state index contributed by atoms with van der Waals surface area (Å²) in [6.45, 7) is 4.46. The van der Waals surface area contributed by atoms with E-state index in [1.54, 1.807) is 0 Å². The van der Waals surface area contributed by atoms with E-state index in [1.807, 2.05) is 24.3 Å². The molecule has 40 heavy (non-hydrogen) atoms. The van der Waals surface area contributed by atoms with Gasteiger partial charge in [-0.25, -0.2) is 9.97 Å². The first-order chi connectivity index (χ1) is 19.5. The monoisotopic (exact) mass is 512 g/mol. The van der Waals surface area contributed by atoms with Crippen molar-refractivity contribution in [1.29, 1.82) is 5.26 Å². The maximum Gasteiger partial charge on any atom is 0.164 e. The summed E-state index contributed by atoms with van der Waals surface area (Å²) < 4.78 is 2.26. The lowest BCUT2D eigenvalue weighted by atomic mass is 9.85. The van der Waals surface area contributed by atoms with Crippen LogP contribution in [-0.4, -0.2) is 14.5 Å². The minimum Gasteiger partial charge on any atom is -0.292 e. The second-order valence-corrected chi connectivity index (χ2v) is 11.0. The summed E-state index contributed by atoms with van der Waals surface area (Å²) >= 11 is 0. The summed E-state index contributed by atoms with van der Waals surface area (Å²) in [5.74, 6) is 0.774. The molecule has 0 saturated carbocycles. The van der Waals surface area contributed by atoms with E-state index in [9.17, 15) is 5.26 Å². The molecule has 0 fully saturated rings. The van der Waals surface area contributed by atoms with Gasteiger partial charge in [0.05, 0.1) is 34.1 Å².